The van der Waals surface area contributed by atoms with Crippen LogP contribution in [-0.4, -0.2) is 12.6 Å². The Hall–Kier alpha value is -1.51. The molecular weight excluding hydrogens is 200 g/mol. The average molecular weight is 220 g/mol. The lowest BCUT2D eigenvalue weighted by Crippen LogP contribution is -2.35. The first-order chi connectivity index (χ1) is 7.37. The maximum Gasteiger partial charge on any atom is 0.319 e. The molecule has 0 aliphatic carbocycles. The maximum absolute atomic E-state index is 11.5. The number of nitrogens with one attached hydrogen (secondary N) is 2. The quantitative estimate of drug-likeness (QED) is 0.789. The van der Waals surface area contributed by atoms with Crippen LogP contribution in [0.3, 0.4) is 0 Å². The molecule has 0 heterocycles. The van der Waals surface area contributed by atoms with Gasteiger partial charge in [0.05, 0.1) is 0 Å². The first-order valence-electron chi connectivity index (χ1n) is 5.48. The summed E-state index contributed by atoms with van der Waals surface area (Å²) in [6.07, 6.45) is 0. The molecule has 3 heteroatoms. The predicted octanol–water partition coefficient (Wildman–Crippen LogP) is 3.16. The predicted molar refractivity (Wildman–Crippen MR) is 67.7 cm³/mol. The zero-order valence-electron chi connectivity index (χ0n) is 10.4. The van der Waals surface area contributed by atoms with E-state index in [2.05, 4.69) is 31.4 Å². The van der Waals surface area contributed by atoms with Gasteiger partial charge >= 0.3 is 6.03 Å². The molecule has 0 aliphatic rings. The zero-order chi connectivity index (χ0) is 12.2. The van der Waals surface area contributed by atoms with Crippen molar-refractivity contribution in [2.45, 2.75) is 27.7 Å². The van der Waals surface area contributed by atoms with Gasteiger partial charge in [-0.2, -0.15) is 0 Å². The minimum atomic E-state index is -0.152. The molecule has 1 aromatic carbocycles. The molecular formula is C13H20N2O. The van der Waals surface area contributed by atoms with Gasteiger partial charge in [0, 0.05) is 12.2 Å². The van der Waals surface area contributed by atoms with Crippen LogP contribution in [0.25, 0.3) is 0 Å². The number of amides is 2. The fraction of sp³-hybridized carbons (Fsp3) is 0.462. The Kier molecular flexibility index (Phi) is 3.93. The molecule has 0 fully saturated rings. The van der Waals surface area contributed by atoms with Gasteiger partial charge < -0.3 is 10.6 Å². The van der Waals surface area contributed by atoms with Crippen molar-refractivity contribution in [1.82, 2.24) is 5.32 Å². The SMILES string of the molecule is Cc1cccc(NC(=O)NCC(C)(C)C)c1. The van der Waals surface area contributed by atoms with Crippen LogP contribution in [0.15, 0.2) is 24.3 Å². The zero-order valence-corrected chi connectivity index (χ0v) is 10.4. The normalized spacial score (nSPS) is 11.0. The van der Waals surface area contributed by atoms with E-state index < -0.39 is 0 Å². The van der Waals surface area contributed by atoms with E-state index in [0.29, 0.717) is 6.54 Å². The van der Waals surface area contributed by atoms with E-state index in [0.717, 1.165) is 11.3 Å². The third-order valence-corrected chi connectivity index (χ3v) is 2.06. The number of rotatable bonds is 2. The van der Waals surface area contributed by atoms with E-state index in [1.807, 2.05) is 31.2 Å². The summed E-state index contributed by atoms with van der Waals surface area (Å²) in [6, 6.07) is 7.59. The van der Waals surface area contributed by atoms with Crippen molar-refractivity contribution in [3.63, 3.8) is 0 Å². The van der Waals surface area contributed by atoms with Crippen molar-refractivity contribution < 1.29 is 4.79 Å². The number of carbonyl (C=O) groups excluding carboxylic acids is 1. The van der Waals surface area contributed by atoms with Crippen molar-refractivity contribution in [3.8, 4) is 0 Å². The standard InChI is InChI=1S/C13H20N2O/c1-10-6-5-7-11(8-10)15-12(16)14-9-13(2,3)4/h5-8H,9H2,1-4H3,(H2,14,15,16). The van der Waals surface area contributed by atoms with Gasteiger partial charge in [0.25, 0.3) is 0 Å². The molecule has 0 radical (unpaired) electrons. The van der Waals surface area contributed by atoms with Crippen LogP contribution in [0, 0.1) is 12.3 Å². The molecule has 0 saturated carbocycles. The molecule has 0 spiro atoms. The summed E-state index contributed by atoms with van der Waals surface area (Å²) < 4.78 is 0. The van der Waals surface area contributed by atoms with Crippen molar-refractivity contribution in [1.29, 1.82) is 0 Å². The van der Waals surface area contributed by atoms with E-state index in [9.17, 15) is 4.79 Å². The lowest BCUT2D eigenvalue weighted by Gasteiger charge is -2.18. The second-order valence-corrected chi connectivity index (χ2v) is 5.24. The third kappa shape index (κ3) is 4.82. The minimum Gasteiger partial charge on any atom is -0.337 e. The Balaban J connectivity index is 2.46. The summed E-state index contributed by atoms with van der Waals surface area (Å²) in [4.78, 5) is 11.5. The Morgan fingerprint density at radius 1 is 1.31 bits per heavy atom. The van der Waals surface area contributed by atoms with Crippen molar-refractivity contribution in [3.05, 3.63) is 29.8 Å². The molecule has 1 rings (SSSR count). The van der Waals surface area contributed by atoms with Crippen LogP contribution in [0.5, 0.6) is 0 Å². The van der Waals surface area contributed by atoms with Crippen LogP contribution >= 0.6 is 0 Å². The molecule has 0 bridgehead atoms. The molecule has 88 valence electrons. The van der Waals surface area contributed by atoms with Gasteiger partial charge in [-0.05, 0) is 30.0 Å². The molecule has 3 nitrogen and oxygen atoms in total. The Bertz CT molecular complexity index is 366. The lowest BCUT2D eigenvalue weighted by atomic mass is 9.97. The highest BCUT2D eigenvalue weighted by Crippen LogP contribution is 2.11. The summed E-state index contributed by atoms with van der Waals surface area (Å²) >= 11 is 0. The molecule has 0 saturated heterocycles. The number of hydrogen-bond donors (Lipinski definition) is 2. The molecule has 0 aliphatic heterocycles. The summed E-state index contributed by atoms with van der Waals surface area (Å²) in [5, 5.41) is 5.65. The van der Waals surface area contributed by atoms with Crippen LogP contribution < -0.4 is 10.6 Å². The summed E-state index contributed by atoms with van der Waals surface area (Å²) in [5.41, 5.74) is 2.06. The van der Waals surface area contributed by atoms with E-state index in [4.69, 9.17) is 0 Å². The largest absolute Gasteiger partial charge is 0.337 e. The van der Waals surface area contributed by atoms with Crippen LogP contribution in [-0.2, 0) is 0 Å². The molecule has 0 aromatic heterocycles. The molecule has 0 unspecified atom stereocenters. The summed E-state index contributed by atoms with van der Waals surface area (Å²) in [6.45, 7) is 8.91. The number of anilines is 1. The third-order valence-electron chi connectivity index (χ3n) is 2.06. The Labute approximate surface area is 97.2 Å². The number of carbonyl (C=O) groups is 1. The van der Waals surface area contributed by atoms with Gasteiger partial charge in [0.2, 0.25) is 0 Å². The van der Waals surface area contributed by atoms with Crippen LogP contribution in [0.4, 0.5) is 10.5 Å². The summed E-state index contributed by atoms with van der Waals surface area (Å²) in [5.74, 6) is 0. The average Bonchev–Trinajstić information content (AvgIpc) is 2.14. The Morgan fingerprint density at radius 3 is 2.56 bits per heavy atom. The number of hydrogen-bond acceptors (Lipinski definition) is 1. The van der Waals surface area contributed by atoms with E-state index in [-0.39, 0.29) is 11.4 Å². The first-order valence-corrected chi connectivity index (χ1v) is 5.48. The second-order valence-electron chi connectivity index (χ2n) is 5.24. The molecule has 2 amide bonds. The van der Waals surface area contributed by atoms with Gasteiger partial charge in [-0.15, -0.1) is 0 Å². The van der Waals surface area contributed by atoms with Gasteiger partial charge in [-0.25, -0.2) is 4.79 Å². The summed E-state index contributed by atoms with van der Waals surface area (Å²) in [7, 11) is 0. The van der Waals surface area contributed by atoms with Gasteiger partial charge in [0.15, 0.2) is 0 Å². The smallest absolute Gasteiger partial charge is 0.319 e. The topological polar surface area (TPSA) is 41.1 Å². The highest BCUT2D eigenvalue weighted by Gasteiger charge is 2.11. The van der Waals surface area contributed by atoms with Gasteiger partial charge in [-0.1, -0.05) is 32.9 Å². The fourth-order valence-corrected chi connectivity index (χ4v) is 1.24. The van der Waals surface area contributed by atoms with Crippen molar-refractivity contribution >= 4 is 11.7 Å². The van der Waals surface area contributed by atoms with Crippen LogP contribution in [0.1, 0.15) is 26.3 Å². The number of benzene rings is 1. The van der Waals surface area contributed by atoms with E-state index >= 15 is 0 Å². The second kappa shape index (κ2) is 5.01. The fourth-order valence-electron chi connectivity index (χ4n) is 1.24. The first kappa shape index (κ1) is 12.6. The molecule has 2 N–H and O–H groups in total. The van der Waals surface area contributed by atoms with E-state index in [1.165, 1.54) is 0 Å². The highest BCUT2D eigenvalue weighted by atomic mass is 16.2. The Morgan fingerprint density at radius 2 is 2.00 bits per heavy atom. The van der Waals surface area contributed by atoms with Gasteiger partial charge in [-0.3, -0.25) is 0 Å². The molecule has 16 heavy (non-hydrogen) atoms. The van der Waals surface area contributed by atoms with Crippen molar-refractivity contribution in [2.75, 3.05) is 11.9 Å². The maximum atomic E-state index is 11.5. The highest BCUT2D eigenvalue weighted by molar-refractivity contribution is 5.89. The molecule has 0 atom stereocenters. The number of aryl methyl sites for hydroxylation is 1. The molecule has 1 aromatic rings. The minimum absolute atomic E-state index is 0.101. The van der Waals surface area contributed by atoms with Gasteiger partial charge in [0.1, 0.15) is 0 Å². The van der Waals surface area contributed by atoms with Crippen molar-refractivity contribution in [2.24, 2.45) is 5.41 Å². The van der Waals surface area contributed by atoms with Crippen LogP contribution in [0.2, 0.25) is 0 Å². The monoisotopic (exact) mass is 220 g/mol. The number of urea groups is 1. The van der Waals surface area contributed by atoms with E-state index in [1.54, 1.807) is 0 Å². The lowest BCUT2D eigenvalue weighted by molar-refractivity contribution is 0.247.